The molecule has 0 bridgehead atoms. The van der Waals surface area contributed by atoms with E-state index >= 15 is 0 Å². The summed E-state index contributed by atoms with van der Waals surface area (Å²) in [5, 5.41) is 13.2. The fraction of sp³-hybridized carbons (Fsp3) is 0.391. The number of hydrogen-bond donors (Lipinski definition) is 2. The first-order chi connectivity index (χ1) is 16.7. The van der Waals surface area contributed by atoms with E-state index in [1.807, 2.05) is 0 Å². The molecule has 3 aromatic rings. The minimum atomic E-state index is -4.69. The van der Waals surface area contributed by atoms with Crippen LogP contribution in [0.25, 0.3) is 22.2 Å². The van der Waals surface area contributed by atoms with Gasteiger partial charge in [-0.3, -0.25) is 0 Å². The highest BCUT2D eigenvalue weighted by molar-refractivity contribution is 6.36. The van der Waals surface area contributed by atoms with Gasteiger partial charge in [0.2, 0.25) is 0 Å². The molecule has 4 heterocycles. The fourth-order valence-electron chi connectivity index (χ4n) is 4.95. The molecule has 2 atom stereocenters. The standard InChI is InChI=1S/C23H21ClF3N7O/c1-11-6-16(29)33-20(18(11)23(25,26)27)14-7-15-17-21(19(14)24)35-9-13(2-4-28)34(12-3-5-30-8-12)22(17)32-10-31-15/h6-7,10,12-13,30H,2-3,5,8-9H2,1H3,(H2,29,33)/t12?,13-/m0/s1. The average molecular weight is 504 g/mol. The predicted molar refractivity (Wildman–Crippen MR) is 125 cm³/mol. The van der Waals surface area contributed by atoms with E-state index in [9.17, 15) is 18.4 Å². The van der Waals surface area contributed by atoms with Gasteiger partial charge in [0.1, 0.15) is 24.6 Å². The van der Waals surface area contributed by atoms with E-state index in [0.717, 1.165) is 13.0 Å². The minimum Gasteiger partial charge on any atom is -0.489 e. The van der Waals surface area contributed by atoms with Crippen LogP contribution in [-0.2, 0) is 6.18 Å². The zero-order chi connectivity index (χ0) is 24.9. The second-order valence-electron chi connectivity index (χ2n) is 8.62. The first-order valence-corrected chi connectivity index (χ1v) is 11.4. The molecule has 35 heavy (non-hydrogen) atoms. The lowest BCUT2D eigenvalue weighted by atomic mass is 9.99. The highest BCUT2D eigenvalue weighted by Gasteiger charge is 2.39. The van der Waals surface area contributed by atoms with Crippen molar-refractivity contribution in [1.29, 1.82) is 5.26 Å². The number of rotatable bonds is 3. The van der Waals surface area contributed by atoms with Gasteiger partial charge in [0.05, 0.1) is 45.7 Å². The molecule has 12 heteroatoms. The summed E-state index contributed by atoms with van der Waals surface area (Å²) < 4.78 is 48.2. The Morgan fingerprint density at radius 3 is 2.83 bits per heavy atom. The number of benzene rings is 1. The lowest BCUT2D eigenvalue weighted by Crippen LogP contribution is -2.47. The van der Waals surface area contributed by atoms with Crippen molar-refractivity contribution in [3.63, 3.8) is 0 Å². The summed E-state index contributed by atoms with van der Waals surface area (Å²) >= 11 is 6.74. The molecule has 182 valence electrons. The van der Waals surface area contributed by atoms with Gasteiger partial charge < -0.3 is 20.7 Å². The lowest BCUT2D eigenvalue weighted by molar-refractivity contribution is -0.137. The molecule has 8 nitrogen and oxygen atoms in total. The number of halogens is 4. The summed E-state index contributed by atoms with van der Waals surface area (Å²) in [7, 11) is 0. The molecule has 2 aromatic heterocycles. The van der Waals surface area contributed by atoms with E-state index in [4.69, 9.17) is 22.1 Å². The summed E-state index contributed by atoms with van der Waals surface area (Å²) in [4.78, 5) is 14.9. The highest BCUT2D eigenvalue weighted by atomic mass is 35.5. The second-order valence-corrected chi connectivity index (χ2v) is 9.00. The van der Waals surface area contributed by atoms with E-state index in [1.54, 1.807) is 0 Å². The molecule has 3 N–H and O–H groups in total. The van der Waals surface area contributed by atoms with Crippen LogP contribution in [0.4, 0.5) is 24.8 Å². The van der Waals surface area contributed by atoms with Gasteiger partial charge in [0, 0.05) is 18.2 Å². The van der Waals surface area contributed by atoms with Gasteiger partial charge in [0.25, 0.3) is 0 Å². The van der Waals surface area contributed by atoms with Crippen molar-refractivity contribution in [2.45, 2.75) is 38.0 Å². The third-order valence-corrected chi connectivity index (χ3v) is 6.76. The molecule has 0 saturated carbocycles. The lowest BCUT2D eigenvalue weighted by Gasteiger charge is -2.34. The maximum absolute atomic E-state index is 14.0. The van der Waals surface area contributed by atoms with E-state index in [2.05, 4.69) is 31.2 Å². The molecular weight excluding hydrogens is 483 g/mol. The molecule has 2 aliphatic rings. The van der Waals surface area contributed by atoms with Crippen LogP contribution in [0.15, 0.2) is 18.5 Å². The Morgan fingerprint density at radius 2 is 2.14 bits per heavy atom. The maximum atomic E-state index is 14.0. The van der Waals surface area contributed by atoms with Crippen LogP contribution in [0.1, 0.15) is 24.0 Å². The third kappa shape index (κ3) is 3.96. The monoisotopic (exact) mass is 503 g/mol. The molecule has 1 saturated heterocycles. The number of nitrogens with one attached hydrogen (secondary N) is 1. The van der Waals surface area contributed by atoms with Gasteiger partial charge in [-0.15, -0.1) is 0 Å². The Hall–Kier alpha value is -3.36. The van der Waals surface area contributed by atoms with Crippen molar-refractivity contribution >= 4 is 34.1 Å². The smallest absolute Gasteiger partial charge is 0.418 e. The number of pyridine rings is 1. The van der Waals surface area contributed by atoms with Crippen LogP contribution < -0.4 is 20.7 Å². The summed E-state index contributed by atoms with van der Waals surface area (Å²) in [5.74, 6) is 0.643. The Bertz CT molecular complexity index is 1350. The van der Waals surface area contributed by atoms with Crippen molar-refractivity contribution in [1.82, 2.24) is 20.3 Å². The number of aryl methyl sites for hydroxylation is 1. The zero-order valence-electron chi connectivity index (χ0n) is 18.7. The average Bonchev–Trinajstić information content (AvgIpc) is 3.25. The number of nitrogens with zero attached hydrogens (tertiary/aromatic N) is 5. The van der Waals surface area contributed by atoms with E-state index in [-0.39, 0.29) is 52.8 Å². The Kier molecular flexibility index (Phi) is 5.81. The van der Waals surface area contributed by atoms with Crippen LogP contribution >= 0.6 is 11.6 Å². The normalized spacial score (nSPS) is 19.9. The molecule has 1 fully saturated rings. The number of hydrogen-bond acceptors (Lipinski definition) is 8. The number of nitriles is 1. The van der Waals surface area contributed by atoms with E-state index < -0.39 is 17.4 Å². The van der Waals surface area contributed by atoms with Crippen molar-refractivity contribution in [2.24, 2.45) is 0 Å². The summed E-state index contributed by atoms with van der Waals surface area (Å²) in [6, 6.07) is 4.57. The number of alkyl halides is 3. The molecule has 1 unspecified atom stereocenters. The molecule has 0 spiro atoms. The largest absolute Gasteiger partial charge is 0.489 e. The van der Waals surface area contributed by atoms with Crippen molar-refractivity contribution in [3.05, 3.63) is 34.6 Å². The molecule has 0 radical (unpaired) electrons. The second kappa shape index (κ2) is 8.70. The molecule has 1 aromatic carbocycles. The Balaban J connectivity index is 1.78. The Labute approximate surface area is 203 Å². The quantitative estimate of drug-likeness (QED) is 0.549. The van der Waals surface area contributed by atoms with Gasteiger partial charge >= 0.3 is 6.18 Å². The first kappa shape index (κ1) is 23.4. The molecule has 5 rings (SSSR count). The first-order valence-electron chi connectivity index (χ1n) is 11.0. The van der Waals surface area contributed by atoms with Crippen LogP contribution in [0.3, 0.4) is 0 Å². The number of nitrogens with two attached hydrogens (primary N) is 1. The molecule has 0 aliphatic carbocycles. The number of nitrogen functional groups attached to an aromatic ring is 1. The van der Waals surface area contributed by atoms with Crippen LogP contribution in [0, 0.1) is 18.3 Å². The summed E-state index contributed by atoms with van der Waals surface area (Å²) in [6.07, 6.45) is -2.31. The number of anilines is 2. The topological polar surface area (TPSA) is 113 Å². The predicted octanol–water partition coefficient (Wildman–Crippen LogP) is 4.10. The SMILES string of the molecule is Cc1cc(N)nc(-c2cc3ncnc4c3c(c2Cl)OC[C@H](CC#N)N4C2CCNC2)c1C(F)(F)F. The third-order valence-electron chi connectivity index (χ3n) is 6.39. The van der Waals surface area contributed by atoms with E-state index in [0.29, 0.717) is 23.3 Å². The van der Waals surface area contributed by atoms with Gasteiger partial charge in [-0.2, -0.15) is 18.4 Å². The Morgan fingerprint density at radius 1 is 1.34 bits per heavy atom. The zero-order valence-corrected chi connectivity index (χ0v) is 19.4. The number of aromatic nitrogens is 3. The van der Waals surface area contributed by atoms with Gasteiger partial charge in [-0.25, -0.2) is 15.0 Å². The summed E-state index contributed by atoms with van der Waals surface area (Å²) in [6.45, 7) is 2.96. The van der Waals surface area contributed by atoms with Crippen LogP contribution in [0.5, 0.6) is 5.75 Å². The maximum Gasteiger partial charge on any atom is 0.418 e. The van der Waals surface area contributed by atoms with Crippen molar-refractivity contribution in [2.75, 3.05) is 30.3 Å². The van der Waals surface area contributed by atoms with Crippen molar-refractivity contribution < 1.29 is 17.9 Å². The molecule has 0 amide bonds. The van der Waals surface area contributed by atoms with E-state index in [1.165, 1.54) is 25.4 Å². The van der Waals surface area contributed by atoms with Gasteiger partial charge in [-0.05, 0) is 37.6 Å². The highest BCUT2D eigenvalue weighted by Crippen LogP contribution is 2.48. The number of ether oxygens (including phenoxy) is 1. The molecular formula is C23H21ClF3N7O. The van der Waals surface area contributed by atoms with Gasteiger partial charge in [-0.1, -0.05) is 11.6 Å². The summed E-state index contributed by atoms with van der Waals surface area (Å²) in [5.41, 5.74) is 4.80. The minimum absolute atomic E-state index is 0.00866. The van der Waals surface area contributed by atoms with Crippen molar-refractivity contribution in [3.8, 4) is 23.1 Å². The fourth-order valence-corrected chi connectivity index (χ4v) is 5.24. The van der Waals surface area contributed by atoms with Gasteiger partial charge in [0.15, 0.2) is 5.75 Å². The molecule has 2 aliphatic heterocycles. The van der Waals surface area contributed by atoms with Crippen LogP contribution in [0.2, 0.25) is 5.02 Å². The van der Waals surface area contributed by atoms with Crippen LogP contribution in [-0.4, -0.2) is 46.7 Å².